The van der Waals surface area contributed by atoms with Crippen LogP contribution in [0.5, 0.6) is 0 Å². The van der Waals surface area contributed by atoms with Gasteiger partial charge in [-0.3, -0.25) is 0 Å². The molecule has 34 valence electrons. The van der Waals surface area contributed by atoms with Crippen LogP contribution < -0.4 is 0 Å². The van der Waals surface area contributed by atoms with E-state index >= 15 is 0 Å². The predicted molar refractivity (Wildman–Crippen MR) is 27.5 cm³/mol. The minimum absolute atomic E-state index is 0.866. The van der Waals surface area contributed by atoms with Crippen LogP contribution in [0.1, 0.15) is 13.3 Å². The van der Waals surface area contributed by atoms with Crippen LogP contribution in [0.4, 0.5) is 0 Å². The summed E-state index contributed by atoms with van der Waals surface area (Å²) in [7, 11) is 0. The van der Waals surface area contributed by atoms with E-state index in [4.69, 9.17) is 0 Å². The van der Waals surface area contributed by atoms with Crippen LogP contribution in [0.3, 0.4) is 0 Å². The van der Waals surface area contributed by atoms with E-state index < -0.39 is 0 Å². The zero-order valence-corrected chi connectivity index (χ0v) is 4.15. The maximum Gasteiger partial charge on any atom is -0.0207 e. The van der Waals surface area contributed by atoms with Crippen LogP contribution in [0.2, 0.25) is 0 Å². The Labute approximate surface area is 38.9 Å². The lowest BCUT2D eigenvalue weighted by Gasteiger charge is -1.72. The third-order valence-electron chi connectivity index (χ3n) is 1.47. The van der Waals surface area contributed by atoms with Crippen LogP contribution in [0.15, 0.2) is 12.7 Å². The first-order chi connectivity index (χ1) is 2.84. The van der Waals surface area contributed by atoms with Crippen molar-refractivity contribution in [3.8, 4) is 0 Å². The van der Waals surface area contributed by atoms with Crippen molar-refractivity contribution >= 4 is 0 Å². The first-order valence-corrected chi connectivity index (χ1v) is 2.47. The molecule has 0 aromatic rings. The Balaban J connectivity index is 2.25. The number of hydrogen-bond donors (Lipinski definition) is 0. The Morgan fingerprint density at radius 3 is 2.33 bits per heavy atom. The molecule has 0 aromatic carbocycles. The molecule has 0 saturated heterocycles. The van der Waals surface area contributed by atoms with Gasteiger partial charge in [-0.05, 0) is 18.3 Å². The zero-order chi connectivity index (χ0) is 4.57. The molecule has 0 heteroatoms. The Bertz CT molecular complexity index is 64.4. The summed E-state index contributed by atoms with van der Waals surface area (Å²) in [6.07, 6.45) is 3.42. The molecule has 0 nitrogen and oxygen atoms in total. The summed E-state index contributed by atoms with van der Waals surface area (Å²) in [5.74, 6) is 1.81. The van der Waals surface area contributed by atoms with Gasteiger partial charge < -0.3 is 0 Å². The van der Waals surface area contributed by atoms with Gasteiger partial charge in [0.1, 0.15) is 0 Å². The molecule has 1 aliphatic rings. The fourth-order valence-corrected chi connectivity index (χ4v) is 0.679. The first kappa shape index (κ1) is 3.91. The summed E-state index contributed by atoms with van der Waals surface area (Å²) in [4.78, 5) is 0. The Kier molecular flexibility index (Phi) is 0.722. The molecule has 2 unspecified atom stereocenters. The summed E-state index contributed by atoms with van der Waals surface area (Å²) < 4.78 is 0. The van der Waals surface area contributed by atoms with Crippen molar-refractivity contribution in [1.29, 1.82) is 0 Å². The van der Waals surface area contributed by atoms with Gasteiger partial charge in [-0.25, -0.2) is 0 Å². The second kappa shape index (κ2) is 1.11. The second-order valence-electron chi connectivity index (χ2n) is 2.11. The van der Waals surface area contributed by atoms with Gasteiger partial charge >= 0.3 is 0 Å². The van der Waals surface area contributed by atoms with Crippen LogP contribution in [-0.4, -0.2) is 0 Å². The average molecular weight is 82.1 g/mol. The van der Waals surface area contributed by atoms with Crippen molar-refractivity contribution in [3.63, 3.8) is 0 Å². The fourth-order valence-electron chi connectivity index (χ4n) is 0.679. The van der Waals surface area contributed by atoms with Gasteiger partial charge in [0.05, 0.1) is 0 Å². The predicted octanol–water partition coefficient (Wildman–Crippen LogP) is 1.83. The first-order valence-electron chi connectivity index (χ1n) is 2.47. The molecule has 0 spiro atoms. The maximum absolute atomic E-state index is 3.67. The van der Waals surface area contributed by atoms with Gasteiger partial charge in [0, 0.05) is 0 Å². The third kappa shape index (κ3) is 0.469. The molecule has 1 fully saturated rings. The van der Waals surface area contributed by atoms with Crippen LogP contribution in [0, 0.1) is 11.8 Å². The van der Waals surface area contributed by atoms with Gasteiger partial charge in [-0.1, -0.05) is 13.0 Å². The number of hydrogen-bond acceptors (Lipinski definition) is 0. The van der Waals surface area contributed by atoms with Crippen molar-refractivity contribution in [2.45, 2.75) is 13.3 Å². The number of rotatable bonds is 1. The lowest BCUT2D eigenvalue weighted by Crippen LogP contribution is -1.62. The maximum atomic E-state index is 3.67. The van der Waals surface area contributed by atoms with Gasteiger partial charge in [-0.2, -0.15) is 0 Å². The highest BCUT2D eigenvalue weighted by molar-refractivity contribution is 4.95. The monoisotopic (exact) mass is 82.1 g/mol. The molecule has 1 saturated carbocycles. The van der Waals surface area contributed by atoms with Gasteiger partial charge in [0.25, 0.3) is 0 Å². The van der Waals surface area contributed by atoms with E-state index in [1.54, 1.807) is 0 Å². The molecule has 1 rings (SSSR count). The van der Waals surface area contributed by atoms with Gasteiger partial charge in [-0.15, -0.1) is 6.58 Å². The van der Waals surface area contributed by atoms with E-state index in [-0.39, 0.29) is 0 Å². The minimum Gasteiger partial charge on any atom is -0.103 e. The minimum atomic E-state index is 0.866. The topological polar surface area (TPSA) is 0 Å². The molecule has 0 heterocycles. The van der Waals surface area contributed by atoms with Crippen LogP contribution >= 0.6 is 0 Å². The second-order valence-corrected chi connectivity index (χ2v) is 2.11. The van der Waals surface area contributed by atoms with Crippen molar-refractivity contribution < 1.29 is 0 Å². The summed E-state index contributed by atoms with van der Waals surface area (Å²) in [6, 6.07) is 0. The smallest absolute Gasteiger partial charge is 0.0207 e. The highest BCUT2D eigenvalue weighted by Gasteiger charge is 2.28. The molecule has 0 aliphatic heterocycles. The Morgan fingerprint density at radius 2 is 2.33 bits per heavy atom. The fraction of sp³-hybridized carbons (Fsp3) is 0.667. The van der Waals surface area contributed by atoms with Crippen molar-refractivity contribution in [3.05, 3.63) is 12.7 Å². The Morgan fingerprint density at radius 1 is 1.83 bits per heavy atom. The average Bonchev–Trinajstić information content (AvgIpc) is 2.19. The lowest BCUT2D eigenvalue weighted by molar-refractivity contribution is 0.901. The van der Waals surface area contributed by atoms with E-state index in [1.807, 2.05) is 6.08 Å². The quantitative estimate of drug-likeness (QED) is 0.423. The molecule has 0 amide bonds. The molecule has 1 aliphatic carbocycles. The normalized spacial score (nSPS) is 42.2. The summed E-state index contributed by atoms with van der Waals surface area (Å²) in [5, 5.41) is 0. The van der Waals surface area contributed by atoms with Crippen LogP contribution in [-0.2, 0) is 0 Å². The Hall–Kier alpha value is -0.260. The highest BCUT2D eigenvalue weighted by Crippen LogP contribution is 2.37. The van der Waals surface area contributed by atoms with E-state index in [1.165, 1.54) is 6.42 Å². The standard InChI is InChI=1S/C6H10/c1-3-6-4-5(6)2/h3,5-6H,1,4H2,2H3. The SMILES string of the molecule is C=CC1CC1C. The largest absolute Gasteiger partial charge is 0.103 e. The van der Waals surface area contributed by atoms with E-state index in [0.717, 1.165) is 11.8 Å². The molecule has 0 N–H and O–H groups in total. The molecular formula is C6H10. The van der Waals surface area contributed by atoms with Crippen molar-refractivity contribution in [1.82, 2.24) is 0 Å². The summed E-state index contributed by atoms with van der Waals surface area (Å²) in [6.45, 7) is 5.93. The van der Waals surface area contributed by atoms with E-state index in [2.05, 4.69) is 13.5 Å². The molecule has 2 atom stereocenters. The summed E-state index contributed by atoms with van der Waals surface area (Å²) in [5.41, 5.74) is 0. The molecule has 6 heavy (non-hydrogen) atoms. The molecule has 0 radical (unpaired) electrons. The van der Waals surface area contributed by atoms with Gasteiger partial charge in [0.15, 0.2) is 0 Å². The lowest BCUT2D eigenvalue weighted by atomic mass is 10.3. The molecule has 0 bridgehead atoms. The summed E-state index contributed by atoms with van der Waals surface area (Å²) >= 11 is 0. The highest BCUT2D eigenvalue weighted by atomic mass is 14.3. The van der Waals surface area contributed by atoms with Crippen LogP contribution in [0.25, 0.3) is 0 Å². The zero-order valence-electron chi connectivity index (χ0n) is 4.15. The molecule has 0 aromatic heterocycles. The van der Waals surface area contributed by atoms with E-state index in [9.17, 15) is 0 Å². The van der Waals surface area contributed by atoms with Crippen molar-refractivity contribution in [2.24, 2.45) is 11.8 Å². The van der Waals surface area contributed by atoms with Gasteiger partial charge in [0.2, 0.25) is 0 Å². The van der Waals surface area contributed by atoms with E-state index in [0.29, 0.717) is 0 Å². The number of allylic oxidation sites excluding steroid dienone is 1. The molecular weight excluding hydrogens is 72.1 g/mol. The third-order valence-corrected chi connectivity index (χ3v) is 1.47. The van der Waals surface area contributed by atoms with Crippen molar-refractivity contribution in [2.75, 3.05) is 0 Å².